The Morgan fingerprint density at radius 3 is 2.40 bits per heavy atom. The van der Waals surface area contributed by atoms with Gasteiger partial charge in [0.25, 0.3) is 0 Å². The third-order valence-corrected chi connectivity index (χ3v) is 8.65. The topological polar surface area (TPSA) is 70.2 Å². The highest BCUT2D eigenvalue weighted by Gasteiger charge is 2.42. The van der Waals surface area contributed by atoms with Crippen LogP contribution >= 0.6 is 0 Å². The molecule has 2 fully saturated rings. The highest BCUT2D eigenvalue weighted by molar-refractivity contribution is 7.89. The molecule has 2 aliphatic heterocycles. The number of hydrogen-bond donors (Lipinski definition) is 0. The van der Waals surface area contributed by atoms with Gasteiger partial charge in [-0.3, -0.25) is 4.79 Å². The SMILES string of the molecule is COc1ccc(C)c(S(=O)(=O)N2CCC[C@@H]2C(=O)N2CCN(c3cccc(C(F)(F)F)c3)CC2)c1. The quantitative estimate of drug-likeness (QED) is 0.615. The number of hydrogen-bond acceptors (Lipinski definition) is 5. The van der Waals surface area contributed by atoms with Crippen LogP contribution in [0.25, 0.3) is 0 Å². The van der Waals surface area contributed by atoms with E-state index in [-0.39, 0.29) is 17.3 Å². The second-order valence-corrected chi connectivity index (χ2v) is 10.6. The van der Waals surface area contributed by atoms with E-state index in [1.165, 1.54) is 23.5 Å². The minimum absolute atomic E-state index is 0.117. The Balaban J connectivity index is 1.47. The van der Waals surface area contributed by atoms with Gasteiger partial charge in [0.15, 0.2) is 0 Å². The second kappa shape index (κ2) is 9.69. The van der Waals surface area contributed by atoms with Crippen molar-refractivity contribution in [3.05, 3.63) is 53.6 Å². The summed E-state index contributed by atoms with van der Waals surface area (Å²) >= 11 is 0. The lowest BCUT2D eigenvalue weighted by Gasteiger charge is -2.38. The lowest BCUT2D eigenvalue weighted by atomic mass is 10.1. The van der Waals surface area contributed by atoms with E-state index in [0.717, 1.165) is 12.1 Å². The molecule has 0 radical (unpaired) electrons. The molecule has 0 aliphatic carbocycles. The third-order valence-electron chi connectivity index (χ3n) is 6.60. The zero-order valence-electron chi connectivity index (χ0n) is 19.6. The number of amides is 1. The number of rotatable bonds is 5. The van der Waals surface area contributed by atoms with Crippen molar-refractivity contribution in [3.8, 4) is 5.75 Å². The molecule has 1 atom stereocenters. The van der Waals surface area contributed by atoms with Gasteiger partial charge in [0.2, 0.25) is 15.9 Å². The number of carbonyl (C=O) groups excluding carboxylic acids is 1. The molecule has 11 heteroatoms. The molecule has 2 aromatic rings. The number of nitrogens with zero attached hydrogens (tertiary/aromatic N) is 3. The van der Waals surface area contributed by atoms with Crippen molar-refractivity contribution in [2.75, 3.05) is 44.7 Å². The molecule has 0 bridgehead atoms. The highest BCUT2D eigenvalue weighted by atomic mass is 32.2. The molecule has 7 nitrogen and oxygen atoms in total. The monoisotopic (exact) mass is 511 g/mol. The summed E-state index contributed by atoms with van der Waals surface area (Å²) < 4.78 is 72.6. The van der Waals surface area contributed by atoms with Crippen LogP contribution in [-0.2, 0) is 21.0 Å². The maximum atomic E-state index is 13.5. The third kappa shape index (κ3) is 5.11. The van der Waals surface area contributed by atoms with Crippen molar-refractivity contribution in [1.82, 2.24) is 9.21 Å². The van der Waals surface area contributed by atoms with Gasteiger partial charge in [-0.2, -0.15) is 17.5 Å². The molecule has 2 aromatic carbocycles. The highest BCUT2D eigenvalue weighted by Crippen LogP contribution is 2.33. The Kier molecular flexibility index (Phi) is 7.01. The standard InChI is InChI=1S/C24H28F3N3O4S/c1-17-8-9-20(34-2)16-22(17)35(32,33)30-10-4-7-21(30)23(31)29-13-11-28(12-14-29)19-6-3-5-18(15-19)24(25,26)27/h3,5-6,8-9,15-16,21H,4,7,10-14H2,1-2H3/t21-/m1/s1. The first-order valence-corrected chi connectivity index (χ1v) is 12.8. The van der Waals surface area contributed by atoms with Gasteiger partial charge >= 0.3 is 6.18 Å². The number of sulfonamides is 1. The predicted molar refractivity (Wildman–Crippen MR) is 125 cm³/mol. The van der Waals surface area contributed by atoms with E-state index in [2.05, 4.69) is 0 Å². The lowest BCUT2D eigenvalue weighted by Crippen LogP contribution is -2.54. The van der Waals surface area contributed by atoms with Crippen molar-refractivity contribution in [3.63, 3.8) is 0 Å². The minimum atomic E-state index is -4.42. The molecule has 2 aliphatic rings. The van der Waals surface area contributed by atoms with Crippen LogP contribution in [0.4, 0.5) is 18.9 Å². The number of methoxy groups -OCH3 is 1. The van der Waals surface area contributed by atoms with Gasteiger partial charge in [-0.1, -0.05) is 12.1 Å². The predicted octanol–water partition coefficient (Wildman–Crippen LogP) is 3.52. The molecule has 0 saturated carbocycles. The van der Waals surface area contributed by atoms with Gasteiger partial charge in [0, 0.05) is 44.5 Å². The van der Waals surface area contributed by atoms with Gasteiger partial charge in [0.05, 0.1) is 17.6 Å². The van der Waals surface area contributed by atoms with E-state index >= 15 is 0 Å². The Labute approximate surface area is 203 Å². The van der Waals surface area contributed by atoms with E-state index in [0.29, 0.717) is 56.0 Å². The summed E-state index contributed by atoms with van der Waals surface area (Å²) in [5.41, 5.74) is 0.303. The average molecular weight is 512 g/mol. The molecule has 35 heavy (non-hydrogen) atoms. The van der Waals surface area contributed by atoms with Crippen LogP contribution < -0.4 is 9.64 Å². The van der Waals surface area contributed by atoms with E-state index in [1.807, 2.05) is 4.90 Å². The summed E-state index contributed by atoms with van der Waals surface area (Å²) in [6, 6.07) is 9.16. The van der Waals surface area contributed by atoms with E-state index < -0.39 is 27.8 Å². The molecule has 2 saturated heterocycles. The smallest absolute Gasteiger partial charge is 0.416 e. The van der Waals surface area contributed by atoms with E-state index in [1.54, 1.807) is 30.0 Å². The zero-order valence-corrected chi connectivity index (χ0v) is 20.4. The second-order valence-electron chi connectivity index (χ2n) is 8.77. The van der Waals surface area contributed by atoms with Crippen LogP contribution in [-0.4, -0.2) is 69.4 Å². The first-order valence-electron chi connectivity index (χ1n) is 11.4. The fraction of sp³-hybridized carbons (Fsp3) is 0.458. The maximum absolute atomic E-state index is 13.5. The van der Waals surface area contributed by atoms with Crippen molar-refractivity contribution >= 4 is 21.6 Å². The Morgan fingerprint density at radius 2 is 1.74 bits per heavy atom. The molecule has 0 N–H and O–H groups in total. The van der Waals surface area contributed by atoms with Crippen molar-refractivity contribution < 1.29 is 31.1 Å². The lowest BCUT2D eigenvalue weighted by molar-refractivity contribution is -0.137. The Bertz CT molecular complexity index is 1190. The first kappa shape index (κ1) is 25.3. The summed E-state index contributed by atoms with van der Waals surface area (Å²) in [6.07, 6.45) is -3.43. The van der Waals surface area contributed by atoms with E-state index in [4.69, 9.17) is 4.74 Å². The van der Waals surface area contributed by atoms with Gasteiger partial charge in [0.1, 0.15) is 11.8 Å². The largest absolute Gasteiger partial charge is 0.497 e. The minimum Gasteiger partial charge on any atom is -0.497 e. The number of carbonyl (C=O) groups is 1. The van der Waals surface area contributed by atoms with Gasteiger partial charge < -0.3 is 14.5 Å². The van der Waals surface area contributed by atoms with Gasteiger partial charge in [-0.15, -0.1) is 0 Å². The van der Waals surface area contributed by atoms with Crippen LogP contribution in [0.1, 0.15) is 24.0 Å². The number of anilines is 1. The molecule has 0 spiro atoms. The molecule has 4 rings (SSSR count). The zero-order chi connectivity index (χ0) is 25.4. The number of halogens is 3. The van der Waals surface area contributed by atoms with Crippen LogP contribution in [0.5, 0.6) is 5.75 Å². The normalized spacial score (nSPS) is 19.7. The van der Waals surface area contributed by atoms with Crippen LogP contribution in [0.3, 0.4) is 0 Å². The average Bonchev–Trinajstić information content (AvgIpc) is 3.34. The summed E-state index contributed by atoms with van der Waals surface area (Å²) in [6.45, 7) is 3.28. The summed E-state index contributed by atoms with van der Waals surface area (Å²) in [5, 5.41) is 0. The van der Waals surface area contributed by atoms with E-state index in [9.17, 15) is 26.4 Å². The summed E-state index contributed by atoms with van der Waals surface area (Å²) in [5.74, 6) is 0.150. The molecular formula is C24H28F3N3O4S. The van der Waals surface area contributed by atoms with Crippen molar-refractivity contribution in [2.24, 2.45) is 0 Å². The molecule has 0 aromatic heterocycles. The molecule has 1 amide bonds. The molecule has 2 heterocycles. The van der Waals surface area contributed by atoms with Crippen LogP contribution in [0.15, 0.2) is 47.4 Å². The maximum Gasteiger partial charge on any atom is 0.416 e. The Morgan fingerprint density at radius 1 is 1.03 bits per heavy atom. The van der Waals surface area contributed by atoms with Crippen LogP contribution in [0, 0.1) is 6.92 Å². The fourth-order valence-corrected chi connectivity index (χ4v) is 6.55. The number of ether oxygens (including phenoxy) is 1. The number of benzene rings is 2. The summed E-state index contributed by atoms with van der Waals surface area (Å²) in [7, 11) is -2.46. The number of piperazine rings is 1. The number of alkyl halides is 3. The molecule has 190 valence electrons. The Hall–Kier alpha value is -2.79. The van der Waals surface area contributed by atoms with Crippen molar-refractivity contribution in [1.29, 1.82) is 0 Å². The molecular weight excluding hydrogens is 483 g/mol. The van der Waals surface area contributed by atoms with Crippen LogP contribution in [0.2, 0.25) is 0 Å². The van der Waals surface area contributed by atoms with Gasteiger partial charge in [-0.25, -0.2) is 8.42 Å². The number of aryl methyl sites for hydroxylation is 1. The molecule has 0 unspecified atom stereocenters. The first-order chi connectivity index (χ1) is 16.5. The van der Waals surface area contributed by atoms with Gasteiger partial charge in [-0.05, 0) is 49.6 Å². The fourth-order valence-electron chi connectivity index (χ4n) is 4.66. The van der Waals surface area contributed by atoms with Crippen molar-refractivity contribution in [2.45, 2.75) is 36.9 Å². The summed E-state index contributed by atoms with van der Waals surface area (Å²) in [4.78, 5) is 16.9.